The van der Waals surface area contributed by atoms with Crippen LogP contribution in [0.1, 0.15) is 5.69 Å². The molecule has 38 heavy (non-hydrogen) atoms. The zero-order valence-corrected chi connectivity index (χ0v) is 20.2. The molecule has 16 heteroatoms. The van der Waals surface area contributed by atoms with Crippen molar-refractivity contribution in [2.24, 2.45) is 7.05 Å². The van der Waals surface area contributed by atoms with Crippen molar-refractivity contribution in [1.29, 1.82) is 0 Å². The van der Waals surface area contributed by atoms with Crippen molar-refractivity contribution < 1.29 is 46.1 Å². The molecule has 3 aromatic rings. The number of hydrogen-bond donors (Lipinski definition) is 0. The minimum atomic E-state index is -5.01. The van der Waals surface area contributed by atoms with E-state index in [9.17, 15) is 36.7 Å². The Kier molecular flexibility index (Phi) is 8.40. The van der Waals surface area contributed by atoms with Gasteiger partial charge < -0.3 is 23.7 Å². The van der Waals surface area contributed by atoms with Crippen LogP contribution < -0.4 is 20.7 Å². The Balaban J connectivity index is 1.94. The molecule has 0 bridgehead atoms. The molecule has 11 nitrogen and oxygen atoms in total. The third-order valence-corrected chi connectivity index (χ3v) is 5.02. The average Bonchev–Trinajstić information content (AvgIpc) is 2.86. The summed E-state index contributed by atoms with van der Waals surface area (Å²) in [6.07, 6.45) is -3.72. The first-order valence-corrected chi connectivity index (χ1v) is 10.6. The Labute approximate surface area is 214 Å². The summed E-state index contributed by atoms with van der Waals surface area (Å²) in [5.41, 5.74) is -5.18. The first-order valence-electron chi connectivity index (χ1n) is 10.2. The van der Waals surface area contributed by atoms with Gasteiger partial charge in [-0.3, -0.25) is 9.36 Å². The highest BCUT2D eigenvalue weighted by atomic mass is 35.5. The standard InChI is InChI=1S/C22H16ClF4N3O8/c1-29-16(22(25,26)27)8-17(31)30(21(29)34)13-7-15(11(23)6-12(13)24)38-14-4-3-5-28-20(14)37-10-19(33)36-9-18(32)35-2/h3-8H,9-10H2,1-2H3/p+1. The molecule has 1 N–H and O–H groups in total. The maximum absolute atomic E-state index is 14.7. The van der Waals surface area contributed by atoms with E-state index in [0.717, 1.165) is 20.2 Å². The van der Waals surface area contributed by atoms with Gasteiger partial charge >= 0.3 is 23.8 Å². The lowest BCUT2D eigenvalue weighted by Crippen LogP contribution is -2.41. The third-order valence-electron chi connectivity index (χ3n) is 4.73. The smallest absolute Gasteiger partial charge is 0.464 e. The number of rotatable bonds is 8. The number of methoxy groups -OCH3 is 1. The molecule has 2 heterocycles. The fourth-order valence-electron chi connectivity index (χ4n) is 2.94. The van der Waals surface area contributed by atoms with E-state index in [-0.39, 0.29) is 37.6 Å². The largest absolute Gasteiger partial charge is 0.522 e. The lowest BCUT2D eigenvalue weighted by Gasteiger charge is -2.16. The van der Waals surface area contributed by atoms with Gasteiger partial charge in [0.15, 0.2) is 5.75 Å². The molecule has 0 saturated heterocycles. The summed E-state index contributed by atoms with van der Waals surface area (Å²) in [5, 5.41) is -0.339. The summed E-state index contributed by atoms with van der Waals surface area (Å²) >= 11 is 6.05. The van der Waals surface area contributed by atoms with Gasteiger partial charge in [0.1, 0.15) is 17.3 Å². The van der Waals surface area contributed by atoms with Gasteiger partial charge in [0.2, 0.25) is 6.61 Å². The molecule has 0 aliphatic heterocycles. The van der Waals surface area contributed by atoms with Gasteiger partial charge in [0.25, 0.3) is 18.0 Å². The van der Waals surface area contributed by atoms with E-state index in [4.69, 9.17) is 25.8 Å². The SMILES string of the molecule is COC(=O)COC(=[OH+])COc1ncccc1Oc1cc(-n2c(=O)cc(C(F)(F)F)n(C)c2=O)c(F)cc1Cl. The van der Waals surface area contributed by atoms with Crippen LogP contribution >= 0.6 is 11.6 Å². The van der Waals surface area contributed by atoms with Gasteiger partial charge in [-0.05, 0) is 18.2 Å². The van der Waals surface area contributed by atoms with Gasteiger partial charge in [0, 0.05) is 25.4 Å². The summed E-state index contributed by atoms with van der Waals surface area (Å²) in [4.78, 5) is 49.7. The van der Waals surface area contributed by atoms with E-state index in [1.165, 1.54) is 18.3 Å². The number of alkyl halides is 3. The molecular weight excluding hydrogens is 546 g/mol. The van der Waals surface area contributed by atoms with Gasteiger partial charge in [-0.2, -0.15) is 13.2 Å². The summed E-state index contributed by atoms with van der Waals surface area (Å²) in [6.45, 7) is -1.18. The van der Waals surface area contributed by atoms with Crippen molar-refractivity contribution in [2.75, 3.05) is 20.3 Å². The molecule has 0 amide bonds. The normalized spacial score (nSPS) is 11.1. The van der Waals surface area contributed by atoms with Crippen LogP contribution in [0.5, 0.6) is 17.4 Å². The molecule has 2 aromatic heterocycles. The third kappa shape index (κ3) is 6.29. The number of nitrogens with zero attached hydrogens (tertiary/aromatic N) is 3. The Bertz CT molecular complexity index is 1500. The first-order chi connectivity index (χ1) is 17.8. The summed E-state index contributed by atoms with van der Waals surface area (Å²) in [6, 6.07) is 4.40. The van der Waals surface area contributed by atoms with Gasteiger partial charge in [-0.25, -0.2) is 23.5 Å². The zero-order chi connectivity index (χ0) is 28.2. The molecule has 0 spiro atoms. The average molecular weight is 563 g/mol. The van der Waals surface area contributed by atoms with Crippen molar-refractivity contribution in [3.63, 3.8) is 0 Å². The fourth-order valence-corrected chi connectivity index (χ4v) is 3.13. The number of esters is 2. The highest BCUT2D eigenvalue weighted by Crippen LogP contribution is 2.36. The maximum Gasteiger partial charge on any atom is 0.522 e. The van der Waals surface area contributed by atoms with Crippen molar-refractivity contribution >= 4 is 23.5 Å². The topological polar surface area (TPSA) is 132 Å². The predicted octanol–water partition coefficient (Wildman–Crippen LogP) is 2.61. The van der Waals surface area contributed by atoms with E-state index in [0.29, 0.717) is 6.07 Å². The van der Waals surface area contributed by atoms with Crippen LogP contribution in [0.2, 0.25) is 5.02 Å². The molecular formula is C22H17ClF4N3O8+. The molecule has 0 saturated carbocycles. The van der Waals surface area contributed by atoms with Gasteiger partial charge in [-0.15, -0.1) is 0 Å². The lowest BCUT2D eigenvalue weighted by molar-refractivity contribution is -0.144. The van der Waals surface area contributed by atoms with Crippen LogP contribution in [0.15, 0.2) is 46.1 Å². The van der Waals surface area contributed by atoms with Crippen LogP contribution in [-0.4, -0.2) is 51.2 Å². The minimum absolute atomic E-state index is 0.139. The number of benzene rings is 1. The van der Waals surface area contributed by atoms with E-state index in [2.05, 4.69) is 9.72 Å². The van der Waals surface area contributed by atoms with E-state index in [1.54, 1.807) is 0 Å². The molecule has 202 valence electrons. The van der Waals surface area contributed by atoms with Crippen molar-refractivity contribution in [1.82, 2.24) is 14.1 Å². The van der Waals surface area contributed by atoms with Crippen molar-refractivity contribution in [3.05, 3.63) is 73.9 Å². The minimum Gasteiger partial charge on any atom is -0.464 e. The van der Waals surface area contributed by atoms with Crippen molar-refractivity contribution in [2.45, 2.75) is 6.18 Å². The molecule has 0 fully saturated rings. The second-order valence-electron chi connectivity index (χ2n) is 7.23. The predicted molar refractivity (Wildman–Crippen MR) is 122 cm³/mol. The molecule has 0 unspecified atom stereocenters. The van der Waals surface area contributed by atoms with Gasteiger partial charge in [0.05, 0.1) is 17.8 Å². The molecule has 0 radical (unpaired) electrons. The Morgan fingerprint density at radius 2 is 1.87 bits per heavy atom. The number of aromatic nitrogens is 3. The number of hydrogen-bond acceptors (Lipinski definition) is 8. The highest BCUT2D eigenvalue weighted by Gasteiger charge is 2.35. The van der Waals surface area contributed by atoms with Crippen LogP contribution in [0.25, 0.3) is 5.69 Å². The summed E-state index contributed by atoms with van der Waals surface area (Å²) in [5.74, 6) is -3.37. The number of pyridine rings is 1. The van der Waals surface area contributed by atoms with E-state index in [1.807, 2.05) is 0 Å². The van der Waals surface area contributed by atoms with Crippen molar-refractivity contribution in [3.8, 4) is 23.1 Å². The monoisotopic (exact) mass is 562 g/mol. The summed E-state index contributed by atoms with van der Waals surface area (Å²) in [7, 11) is 1.89. The first kappa shape index (κ1) is 28.2. The quantitative estimate of drug-likeness (QED) is 0.232. The second-order valence-corrected chi connectivity index (χ2v) is 7.64. The second kappa shape index (κ2) is 11.3. The fraction of sp³-hybridized carbons (Fsp3) is 0.227. The Morgan fingerprint density at radius 3 is 2.53 bits per heavy atom. The number of halogens is 5. The molecule has 0 atom stereocenters. The Morgan fingerprint density at radius 1 is 1.16 bits per heavy atom. The van der Waals surface area contributed by atoms with Crippen LogP contribution in [0.3, 0.4) is 0 Å². The van der Waals surface area contributed by atoms with Gasteiger partial charge in [-0.1, -0.05) is 11.6 Å². The number of ether oxygens (including phenoxy) is 4. The van der Waals surface area contributed by atoms with Crippen LogP contribution in [0.4, 0.5) is 17.6 Å². The van der Waals surface area contributed by atoms with E-state index >= 15 is 0 Å². The maximum atomic E-state index is 14.7. The zero-order valence-electron chi connectivity index (χ0n) is 19.4. The number of carbonyl (C=O) groups excluding carboxylic acids is 2. The molecule has 0 aliphatic carbocycles. The van der Waals surface area contributed by atoms with E-state index < -0.39 is 59.8 Å². The lowest BCUT2D eigenvalue weighted by atomic mass is 10.2. The number of carbonyl (C=O) groups is 1. The summed E-state index contributed by atoms with van der Waals surface area (Å²) < 4.78 is 74.5. The van der Waals surface area contributed by atoms with Crippen LogP contribution in [0, 0.1) is 5.82 Å². The molecule has 3 rings (SSSR count). The Hall–Kier alpha value is -4.40. The molecule has 0 aliphatic rings. The molecule has 1 aromatic carbocycles. The van der Waals surface area contributed by atoms with Crippen LogP contribution in [-0.2, 0) is 27.5 Å². The highest BCUT2D eigenvalue weighted by molar-refractivity contribution is 6.32.